The minimum atomic E-state index is -4.48. The number of nitrogens with zero attached hydrogens (tertiary/aromatic N) is 7. The highest BCUT2D eigenvalue weighted by molar-refractivity contribution is 5.88. The Labute approximate surface area is 179 Å². The van der Waals surface area contributed by atoms with E-state index in [1.165, 1.54) is 12.4 Å². The van der Waals surface area contributed by atoms with Crippen LogP contribution in [0.25, 0.3) is 11.2 Å². The van der Waals surface area contributed by atoms with E-state index in [1.807, 2.05) is 0 Å². The zero-order valence-electron chi connectivity index (χ0n) is 17.0. The van der Waals surface area contributed by atoms with Gasteiger partial charge in [-0.25, -0.2) is 28.4 Å². The van der Waals surface area contributed by atoms with Crippen LogP contribution in [0.2, 0.25) is 0 Å². The van der Waals surface area contributed by atoms with Gasteiger partial charge in [0, 0.05) is 31.6 Å². The summed E-state index contributed by atoms with van der Waals surface area (Å²) in [5.41, 5.74) is 1.51. The van der Waals surface area contributed by atoms with Gasteiger partial charge in [-0.15, -0.1) is 0 Å². The van der Waals surface area contributed by atoms with Crippen LogP contribution >= 0.6 is 0 Å². The van der Waals surface area contributed by atoms with Gasteiger partial charge in [-0.1, -0.05) is 0 Å². The summed E-state index contributed by atoms with van der Waals surface area (Å²) in [4.78, 5) is 16.6. The predicted octanol–water partition coefficient (Wildman–Crippen LogP) is 2.40. The van der Waals surface area contributed by atoms with Gasteiger partial charge < -0.3 is 15.1 Å². The van der Waals surface area contributed by atoms with Crippen molar-refractivity contribution in [3.05, 3.63) is 24.3 Å². The molecule has 1 unspecified atom stereocenters. The highest BCUT2D eigenvalue weighted by atomic mass is 19.4. The highest BCUT2D eigenvalue weighted by Gasteiger charge is 2.45. The topological polar surface area (TPSA) is 74.5 Å². The lowest BCUT2D eigenvalue weighted by Gasteiger charge is -2.28. The zero-order valence-corrected chi connectivity index (χ0v) is 17.0. The van der Waals surface area contributed by atoms with Gasteiger partial charge in [-0.3, -0.25) is 0 Å². The monoisotopic (exact) mass is 456 g/mol. The lowest BCUT2D eigenvalue weighted by molar-refractivity contribution is -0.0619. The van der Waals surface area contributed by atoms with E-state index in [4.69, 9.17) is 0 Å². The molecule has 3 aliphatic heterocycles. The average molecular weight is 456 g/mol. The third-order valence-corrected chi connectivity index (χ3v) is 6.30. The molecular weight excluding hydrogens is 435 g/mol. The molecule has 1 atom stereocenters. The van der Waals surface area contributed by atoms with E-state index in [-0.39, 0.29) is 12.0 Å². The molecule has 0 bridgehead atoms. The Hall–Kier alpha value is -2.99. The molecule has 0 aliphatic carbocycles. The largest absolute Gasteiger partial charge is 0.449 e. The molecule has 5 rings (SSSR count). The van der Waals surface area contributed by atoms with Crippen LogP contribution < -0.4 is 10.2 Å². The van der Waals surface area contributed by atoms with Crippen molar-refractivity contribution in [2.24, 2.45) is 10.4 Å². The number of anilines is 1. The van der Waals surface area contributed by atoms with Crippen LogP contribution in [-0.4, -0.2) is 75.8 Å². The first-order chi connectivity index (χ1) is 15.2. The molecule has 8 nitrogen and oxygen atoms in total. The quantitative estimate of drug-likeness (QED) is 0.713. The number of halogens is 5. The first-order valence-electron chi connectivity index (χ1n) is 10.3. The number of fused-ring (bicyclic) bond motifs is 1. The van der Waals surface area contributed by atoms with E-state index in [9.17, 15) is 22.0 Å². The highest BCUT2D eigenvalue weighted by Crippen LogP contribution is 2.42. The molecule has 5 heterocycles. The number of aliphatic imine (C=N–C) groups is 1. The van der Waals surface area contributed by atoms with Crippen LogP contribution in [0.5, 0.6) is 0 Å². The van der Waals surface area contributed by atoms with Crippen molar-refractivity contribution >= 4 is 22.8 Å². The summed E-state index contributed by atoms with van der Waals surface area (Å²) >= 11 is 0. The zero-order chi connectivity index (χ0) is 22.5. The average Bonchev–Trinajstić information content (AvgIpc) is 3.47. The molecule has 172 valence electrons. The Balaban J connectivity index is 1.29. The number of nitrogens with one attached hydrogen (secondary N) is 1. The van der Waals surface area contributed by atoms with Crippen molar-refractivity contribution in [3.63, 3.8) is 0 Å². The van der Waals surface area contributed by atoms with Crippen LogP contribution in [-0.2, 0) is 6.54 Å². The molecule has 0 saturated carbocycles. The van der Waals surface area contributed by atoms with Crippen LogP contribution in [0, 0.1) is 5.41 Å². The van der Waals surface area contributed by atoms with Crippen LogP contribution in [0.4, 0.5) is 27.8 Å². The lowest BCUT2D eigenvalue weighted by atomic mass is 9.86. The molecular formula is C19H21F5N8. The van der Waals surface area contributed by atoms with Crippen molar-refractivity contribution in [2.45, 2.75) is 32.0 Å². The molecule has 3 aliphatic rings. The van der Waals surface area contributed by atoms with E-state index >= 15 is 0 Å². The molecule has 1 N–H and O–H groups in total. The molecule has 2 fully saturated rings. The van der Waals surface area contributed by atoms with Crippen molar-refractivity contribution in [1.82, 2.24) is 30.0 Å². The maximum Gasteiger partial charge on any atom is 0.449 e. The van der Waals surface area contributed by atoms with Crippen molar-refractivity contribution in [2.75, 3.05) is 37.6 Å². The summed E-state index contributed by atoms with van der Waals surface area (Å²) in [6.07, 6.45) is -0.867. The molecule has 0 radical (unpaired) electrons. The number of hydrogen-bond acceptors (Lipinski definition) is 7. The first-order valence-corrected chi connectivity index (χ1v) is 10.3. The predicted molar refractivity (Wildman–Crippen MR) is 106 cm³/mol. The Morgan fingerprint density at radius 1 is 1.09 bits per heavy atom. The van der Waals surface area contributed by atoms with Gasteiger partial charge in [-0.05, 0) is 12.8 Å². The van der Waals surface area contributed by atoms with Gasteiger partial charge in [0.25, 0.3) is 6.43 Å². The summed E-state index contributed by atoms with van der Waals surface area (Å²) in [5.74, 6) is -0.357. The normalized spacial score (nSPS) is 23.9. The van der Waals surface area contributed by atoms with Crippen molar-refractivity contribution < 1.29 is 22.0 Å². The molecule has 2 aromatic heterocycles. The second kappa shape index (κ2) is 7.55. The van der Waals surface area contributed by atoms with Crippen LogP contribution in [0.3, 0.4) is 0 Å². The molecule has 32 heavy (non-hydrogen) atoms. The second-order valence-electron chi connectivity index (χ2n) is 8.45. The van der Waals surface area contributed by atoms with Crippen molar-refractivity contribution in [3.8, 4) is 0 Å². The number of likely N-dealkylation sites (tertiary alicyclic amines) is 1. The minimum absolute atomic E-state index is 0.0191. The minimum Gasteiger partial charge on any atom is -0.371 e. The summed E-state index contributed by atoms with van der Waals surface area (Å²) in [6.45, 7) is 2.46. The van der Waals surface area contributed by atoms with E-state index in [2.05, 4.69) is 35.2 Å². The number of hydrogen-bond donors (Lipinski definition) is 1. The van der Waals surface area contributed by atoms with Crippen LogP contribution in [0.1, 0.15) is 12.8 Å². The molecule has 0 amide bonds. The van der Waals surface area contributed by atoms with E-state index in [0.717, 1.165) is 36.3 Å². The number of aromatic nitrogens is 4. The fourth-order valence-electron chi connectivity index (χ4n) is 4.67. The Morgan fingerprint density at radius 3 is 2.53 bits per heavy atom. The smallest absolute Gasteiger partial charge is 0.371 e. The van der Waals surface area contributed by atoms with Gasteiger partial charge in [0.15, 0.2) is 5.65 Å². The number of amidine groups is 1. The van der Waals surface area contributed by atoms with Crippen LogP contribution in [0.15, 0.2) is 29.3 Å². The van der Waals surface area contributed by atoms with E-state index in [0.29, 0.717) is 30.1 Å². The second-order valence-corrected chi connectivity index (χ2v) is 8.45. The Kier molecular flexibility index (Phi) is 4.93. The first kappa shape index (κ1) is 20.9. The fourth-order valence-corrected chi connectivity index (χ4v) is 4.67. The fraction of sp³-hybridized carbons (Fsp3) is 0.579. The van der Waals surface area contributed by atoms with Gasteiger partial charge in [-0.2, -0.15) is 18.3 Å². The molecule has 2 saturated heterocycles. The third-order valence-electron chi connectivity index (χ3n) is 6.30. The summed E-state index contributed by atoms with van der Waals surface area (Å²) in [7, 11) is 0. The summed E-state index contributed by atoms with van der Waals surface area (Å²) in [6, 6.07) is 0. The summed E-state index contributed by atoms with van der Waals surface area (Å²) in [5, 5.41) is 6.31. The number of rotatable bonds is 4. The number of alkyl halides is 5. The van der Waals surface area contributed by atoms with Gasteiger partial charge in [0.1, 0.15) is 17.9 Å². The van der Waals surface area contributed by atoms with Crippen molar-refractivity contribution in [1.29, 1.82) is 0 Å². The van der Waals surface area contributed by atoms with E-state index in [1.54, 1.807) is 6.20 Å². The van der Waals surface area contributed by atoms with Gasteiger partial charge in [0.05, 0.1) is 30.8 Å². The molecule has 13 heteroatoms. The molecule has 0 aromatic carbocycles. The third kappa shape index (κ3) is 3.84. The summed E-state index contributed by atoms with van der Waals surface area (Å²) < 4.78 is 65.0. The lowest BCUT2D eigenvalue weighted by Crippen LogP contribution is -2.42. The SMILES string of the molecule is FC(F)Cn1ncc2ncc(N3CCC4(CCN(C5=CN=C(C(F)(F)F)NC5)C4)C3)nc21. The maximum atomic E-state index is 12.8. The molecule has 1 spiro atoms. The molecule has 2 aromatic rings. The standard InChI is InChI=1S/C19H21F5N8/c20-14(21)9-32-16-13(7-28-32)25-8-15(29-16)31-4-2-18(11-31)1-3-30(10-18)12-5-26-17(27-6-12)19(22,23)24/h5,7-8,14H,1-4,6,9-11H2,(H,26,27). The Morgan fingerprint density at radius 2 is 1.84 bits per heavy atom. The maximum absolute atomic E-state index is 12.8. The Bertz CT molecular complexity index is 1080. The van der Waals surface area contributed by atoms with Gasteiger partial charge >= 0.3 is 6.18 Å². The van der Waals surface area contributed by atoms with E-state index < -0.39 is 25.0 Å². The van der Waals surface area contributed by atoms with Gasteiger partial charge in [0.2, 0.25) is 5.84 Å².